The second-order valence-electron chi connectivity index (χ2n) is 7.27. The lowest BCUT2D eigenvalue weighted by molar-refractivity contribution is 0.134. The molecule has 27 heavy (non-hydrogen) atoms. The van der Waals surface area contributed by atoms with E-state index in [0.29, 0.717) is 0 Å². The first-order valence-corrected chi connectivity index (χ1v) is 10.2. The van der Waals surface area contributed by atoms with Crippen LogP contribution in [0.3, 0.4) is 0 Å². The van der Waals surface area contributed by atoms with Crippen molar-refractivity contribution in [3.8, 4) is 0 Å². The van der Waals surface area contributed by atoms with Crippen molar-refractivity contribution in [1.82, 2.24) is 10.6 Å². The number of hydrogen-bond donors (Lipinski definition) is 3. The normalized spacial score (nSPS) is 23.8. The molecule has 0 spiro atoms. The zero-order valence-corrected chi connectivity index (χ0v) is 16.6. The van der Waals surface area contributed by atoms with Gasteiger partial charge in [0.05, 0.1) is 6.04 Å². The number of ether oxygens (including phenoxy) is 1. The van der Waals surface area contributed by atoms with Crippen molar-refractivity contribution in [3.63, 3.8) is 0 Å². The molecule has 1 saturated heterocycles. The minimum Gasteiger partial charge on any atom is -0.439 e. The molecule has 1 aliphatic carbocycles. The molecule has 2 rings (SSSR count). The number of aliphatic hydroxyl groups is 1. The smallest absolute Gasteiger partial charge is 0.408 e. The van der Waals surface area contributed by atoms with Gasteiger partial charge in [-0.15, -0.1) is 0 Å². The first kappa shape index (κ1) is 21.3. The zero-order valence-electron chi connectivity index (χ0n) is 16.6. The van der Waals surface area contributed by atoms with E-state index in [-0.39, 0.29) is 12.1 Å². The second-order valence-corrected chi connectivity index (χ2v) is 7.27. The van der Waals surface area contributed by atoms with Gasteiger partial charge in [0.2, 0.25) is 0 Å². The van der Waals surface area contributed by atoms with Gasteiger partial charge in [0.15, 0.2) is 0 Å². The molecule has 2 aliphatic rings. The van der Waals surface area contributed by atoms with Gasteiger partial charge in [0, 0.05) is 5.70 Å². The minimum absolute atomic E-state index is 0.0981. The van der Waals surface area contributed by atoms with Gasteiger partial charge < -0.3 is 20.5 Å². The molecule has 1 heterocycles. The van der Waals surface area contributed by atoms with Crippen molar-refractivity contribution in [2.75, 3.05) is 0 Å². The second kappa shape index (κ2) is 11.7. The van der Waals surface area contributed by atoms with E-state index in [1.54, 1.807) is 0 Å². The highest BCUT2D eigenvalue weighted by Gasteiger charge is 2.32. The topological polar surface area (TPSA) is 70.6 Å². The van der Waals surface area contributed by atoms with Crippen LogP contribution < -0.4 is 10.6 Å². The fourth-order valence-electron chi connectivity index (χ4n) is 3.49. The minimum atomic E-state index is -0.577. The fourth-order valence-corrected chi connectivity index (χ4v) is 3.49. The summed E-state index contributed by atoms with van der Waals surface area (Å²) in [5.74, 6) is 0.760. The maximum atomic E-state index is 11.2. The summed E-state index contributed by atoms with van der Waals surface area (Å²) in [5.41, 5.74) is 0.805. The molecule has 5 heteroatoms. The Bertz CT molecular complexity index is 580. The Morgan fingerprint density at radius 1 is 1.30 bits per heavy atom. The van der Waals surface area contributed by atoms with Crippen molar-refractivity contribution in [2.45, 2.75) is 77.2 Å². The van der Waals surface area contributed by atoms with Gasteiger partial charge in [-0.25, -0.2) is 4.79 Å². The Balaban J connectivity index is 1.60. The van der Waals surface area contributed by atoms with Gasteiger partial charge in [0.1, 0.15) is 12.3 Å². The van der Waals surface area contributed by atoms with Gasteiger partial charge in [-0.05, 0) is 50.7 Å². The molecule has 3 N–H and O–H groups in total. The van der Waals surface area contributed by atoms with E-state index in [1.165, 1.54) is 19.3 Å². The first-order chi connectivity index (χ1) is 13.1. The molecule has 150 valence electrons. The molecule has 0 aromatic carbocycles. The standard InChI is InChI=1S/C22H34N2O3/c1-3-5-6-7-8-11-17(4-2)12-9-10-13-21(25)23-18-14-15-19-20(16-18)27-22(26)24-19/h3,5-7,14-17,19-21,23,25H,4,8-13H2,1-2H3,(H,24,26)/b5-3-,7-6-. The molecular formula is C22H34N2O3. The van der Waals surface area contributed by atoms with E-state index < -0.39 is 12.3 Å². The Morgan fingerprint density at radius 2 is 2.11 bits per heavy atom. The molecule has 1 fully saturated rings. The number of carbonyl (C=O) groups excluding carboxylic acids is 1. The molecule has 0 aromatic heterocycles. The molecule has 0 aromatic rings. The third-order valence-electron chi connectivity index (χ3n) is 5.14. The number of alkyl carbamates (subject to hydrolysis) is 1. The zero-order chi connectivity index (χ0) is 19.5. The summed E-state index contributed by atoms with van der Waals surface area (Å²) in [6.45, 7) is 4.29. The van der Waals surface area contributed by atoms with Crippen LogP contribution in [-0.2, 0) is 4.74 Å². The highest BCUT2D eigenvalue weighted by molar-refractivity contribution is 5.71. The van der Waals surface area contributed by atoms with Crippen LogP contribution in [0.25, 0.3) is 0 Å². The van der Waals surface area contributed by atoms with Crippen molar-refractivity contribution in [2.24, 2.45) is 5.92 Å². The van der Waals surface area contributed by atoms with Crippen LogP contribution in [0.2, 0.25) is 0 Å². The summed E-state index contributed by atoms with van der Waals surface area (Å²) in [7, 11) is 0. The number of nitrogens with one attached hydrogen (secondary N) is 2. The molecule has 1 amide bonds. The van der Waals surface area contributed by atoms with Crippen molar-refractivity contribution in [3.05, 3.63) is 48.2 Å². The van der Waals surface area contributed by atoms with Crippen LogP contribution in [-0.4, -0.2) is 29.6 Å². The molecule has 5 nitrogen and oxygen atoms in total. The SMILES string of the molecule is C/C=C\C=C/CCC(CC)CCCCC(O)NC1=CC2OC(=O)NC2C=C1. The molecule has 0 radical (unpaired) electrons. The van der Waals surface area contributed by atoms with Crippen molar-refractivity contribution in [1.29, 1.82) is 0 Å². The Morgan fingerprint density at radius 3 is 2.89 bits per heavy atom. The Hall–Kier alpha value is -2.01. The summed E-state index contributed by atoms with van der Waals surface area (Å²) in [5, 5.41) is 16.0. The maximum Gasteiger partial charge on any atom is 0.408 e. The lowest BCUT2D eigenvalue weighted by Gasteiger charge is -2.20. The molecule has 0 bridgehead atoms. The average Bonchev–Trinajstić information content (AvgIpc) is 3.02. The number of hydrogen-bond acceptors (Lipinski definition) is 4. The number of amides is 1. The number of rotatable bonds is 12. The van der Waals surface area contributed by atoms with Crippen molar-refractivity contribution < 1.29 is 14.6 Å². The van der Waals surface area contributed by atoms with Crippen LogP contribution in [0.1, 0.15) is 58.8 Å². The largest absolute Gasteiger partial charge is 0.439 e. The third-order valence-corrected chi connectivity index (χ3v) is 5.14. The van der Waals surface area contributed by atoms with Crippen molar-refractivity contribution >= 4 is 6.09 Å². The summed E-state index contributed by atoms with van der Waals surface area (Å²) >= 11 is 0. The summed E-state index contributed by atoms with van der Waals surface area (Å²) in [6, 6.07) is -0.0981. The lowest BCUT2D eigenvalue weighted by Crippen LogP contribution is -2.34. The van der Waals surface area contributed by atoms with Crippen LogP contribution in [0.15, 0.2) is 48.2 Å². The van der Waals surface area contributed by atoms with Gasteiger partial charge in [-0.2, -0.15) is 0 Å². The highest BCUT2D eigenvalue weighted by Crippen LogP contribution is 2.21. The van der Waals surface area contributed by atoms with Gasteiger partial charge in [-0.3, -0.25) is 0 Å². The molecule has 1 aliphatic heterocycles. The first-order valence-electron chi connectivity index (χ1n) is 10.2. The maximum absolute atomic E-state index is 11.2. The van der Waals surface area contributed by atoms with E-state index in [1.807, 2.05) is 31.2 Å². The summed E-state index contributed by atoms with van der Waals surface area (Å²) < 4.78 is 5.16. The average molecular weight is 375 g/mol. The lowest BCUT2D eigenvalue weighted by atomic mass is 9.93. The monoisotopic (exact) mass is 374 g/mol. The summed E-state index contributed by atoms with van der Waals surface area (Å²) in [4.78, 5) is 11.2. The number of allylic oxidation sites excluding steroid dienone is 5. The number of carbonyl (C=O) groups is 1. The Kier molecular flexibility index (Phi) is 9.19. The van der Waals surface area contributed by atoms with E-state index in [2.05, 4.69) is 35.8 Å². The van der Waals surface area contributed by atoms with E-state index in [0.717, 1.165) is 37.3 Å². The molecule has 4 atom stereocenters. The van der Waals surface area contributed by atoms with E-state index in [9.17, 15) is 9.90 Å². The predicted molar refractivity (Wildman–Crippen MR) is 109 cm³/mol. The highest BCUT2D eigenvalue weighted by atomic mass is 16.6. The van der Waals surface area contributed by atoms with E-state index >= 15 is 0 Å². The third kappa shape index (κ3) is 7.63. The number of aliphatic hydroxyl groups excluding tert-OH is 1. The molecule has 0 saturated carbocycles. The van der Waals surface area contributed by atoms with Crippen LogP contribution in [0.5, 0.6) is 0 Å². The fraction of sp³-hybridized carbons (Fsp3) is 0.591. The molecular weight excluding hydrogens is 340 g/mol. The summed E-state index contributed by atoms with van der Waals surface area (Å²) in [6.07, 6.45) is 20.5. The predicted octanol–water partition coefficient (Wildman–Crippen LogP) is 4.32. The Labute approximate surface area is 163 Å². The van der Waals surface area contributed by atoms with Gasteiger partial charge >= 0.3 is 6.09 Å². The number of fused-ring (bicyclic) bond motifs is 1. The van der Waals surface area contributed by atoms with Crippen LogP contribution in [0.4, 0.5) is 4.79 Å². The number of unbranched alkanes of at least 4 members (excludes halogenated alkanes) is 1. The van der Waals surface area contributed by atoms with Gasteiger partial charge in [-0.1, -0.05) is 56.6 Å². The van der Waals surface area contributed by atoms with Crippen LogP contribution in [0, 0.1) is 5.92 Å². The van der Waals surface area contributed by atoms with E-state index in [4.69, 9.17) is 4.74 Å². The molecule has 4 unspecified atom stereocenters. The quantitative estimate of drug-likeness (QED) is 0.270. The van der Waals surface area contributed by atoms with Crippen LogP contribution >= 0.6 is 0 Å². The van der Waals surface area contributed by atoms with Gasteiger partial charge in [0.25, 0.3) is 0 Å².